The van der Waals surface area contributed by atoms with E-state index in [0.717, 1.165) is 22.2 Å². The minimum Gasteiger partial charge on any atom is -0.294 e. The van der Waals surface area contributed by atoms with E-state index in [0.29, 0.717) is 11.4 Å². The zero-order valence-corrected chi connectivity index (χ0v) is 12.4. The van der Waals surface area contributed by atoms with Crippen molar-refractivity contribution in [2.24, 2.45) is 0 Å². The van der Waals surface area contributed by atoms with Gasteiger partial charge in [0.25, 0.3) is 5.56 Å². The molecule has 4 rings (SSSR count). The summed E-state index contributed by atoms with van der Waals surface area (Å²) in [6, 6.07) is 17.4. The van der Waals surface area contributed by atoms with Crippen LogP contribution in [0.25, 0.3) is 28.0 Å². The van der Waals surface area contributed by atoms with Crippen LogP contribution in [0.4, 0.5) is 0 Å². The highest BCUT2D eigenvalue weighted by Crippen LogP contribution is 2.27. The molecule has 0 unspecified atom stereocenters. The summed E-state index contributed by atoms with van der Waals surface area (Å²) >= 11 is 0. The Morgan fingerprint density at radius 1 is 1.00 bits per heavy atom. The molecule has 2 aliphatic rings. The molecule has 1 N–H and O–H groups in total. The molecule has 5 nitrogen and oxygen atoms in total. The third-order valence-corrected chi connectivity index (χ3v) is 3.89. The molecule has 0 saturated carbocycles. The van der Waals surface area contributed by atoms with Crippen molar-refractivity contribution in [3.05, 3.63) is 81.0 Å². The molecule has 0 atom stereocenters. The molecule has 0 bridgehead atoms. The van der Waals surface area contributed by atoms with Crippen molar-refractivity contribution in [2.75, 3.05) is 0 Å². The summed E-state index contributed by atoms with van der Waals surface area (Å²) in [5.41, 5.74) is 2.21. The fourth-order valence-electron chi connectivity index (χ4n) is 2.79. The third kappa shape index (κ3) is 2.14. The predicted molar refractivity (Wildman–Crippen MR) is 89.3 cm³/mol. The average Bonchev–Trinajstić information content (AvgIpc) is 2.54. The van der Waals surface area contributed by atoms with Gasteiger partial charge in [-0.1, -0.05) is 35.9 Å². The van der Waals surface area contributed by atoms with Crippen LogP contribution in [0, 0.1) is 6.92 Å². The van der Waals surface area contributed by atoms with Gasteiger partial charge in [0.1, 0.15) is 0 Å². The van der Waals surface area contributed by atoms with Gasteiger partial charge in [-0.3, -0.25) is 14.3 Å². The van der Waals surface area contributed by atoms with Crippen molar-refractivity contribution in [1.29, 1.82) is 0 Å². The maximum atomic E-state index is 12.2. The summed E-state index contributed by atoms with van der Waals surface area (Å²) in [6.07, 6.45) is 0. The summed E-state index contributed by atoms with van der Waals surface area (Å²) in [6.45, 7) is 2.01. The molecule has 2 heterocycles. The van der Waals surface area contributed by atoms with Gasteiger partial charge in [-0.15, -0.1) is 0 Å². The number of H-pyrrole nitrogens is 1. The maximum absolute atomic E-state index is 12.2. The Morgan fingerprint density at radius 3 is 2.52 bits per heavy atom. The number of rotatable bonds is 1. The molecule has 5 heteroatoms. The van der Waals surface area contributed by atoms with Crippen LogP contribution in [0.2, 0.25) is 0 Å². The van der Waals surface area contributed by atoms with Crippen LogP contribution in [-0.2, 0) is 0 Å². The van der Waals surface area contributed by atoms with E-state index in [4.69, 9.17) is 0 Å². The van der Waals surface area contributed by atoms with Crippen LogP contribution in [-0.4, -0.2) is 14.5 Å². The van der Waals surface area contributed by atoms with Crippen LogP contribution >= 0.6 is 0 Å². The topological polar surface area (TPSA) is 67.8 Å². The molecule has 0 saturated heterocycles. The number of nitrogens with one attached hydrogen (secondary N) is 1. The molecule has 0 spiro atoms. The zero-order chi connectivity index (χ0) is 16.0. The Labute approximate surface area is 131 Å². The number of pyridine rings is 1. The highest BCUT2D eigenvalue weighted by atomic mass is 16.2. The molecule has 0 amide bonds. The first-order chi connectivity index (χ1) is 11.1. The van der Waals surface area contributed by atoms with Gasteiger partial charge in [0.15, 0.2) is 5.82 Å². The number of nitrogens with zero attached hydrogens (tertiary/aromatic N) is 2. The second-order valence-electron chi connectivity index (χ2n) is 5.48. The quantitative estimate of drug-likeness (QED) is 0.549. The van der Waals surface area contributed by atoms with E-state index < -0.39 is 11.2 Å². The van der Waals surface area contributed by atoms with E-state index >= 15 is 0 Å². The monoisotopic (exact) mass is 303 g/mol. The molecule has 0 aliphatic carbocycles. The Bertz CT molecular complexity index is 1110. The molecule has 0 radical (unpaired) electrons. The number of aromatic nitrogens is 3. The predicted octanol–water partition coefficient (Wildman–Crippen LogP) is 2.49. The summed E-state index contributed by atoms with van der Waals surface area (Å²) < 4.78 is 1.85. The number of hydrogen-bond acceptors (Lipinski definition) is 3. The lowest BCUT2D eigenvalue weighted by Crippen LogP contribution is -2.27. The second-order valence-corrected chi connectivity index (χ2v) is 5.48. The average molecular weight is 303 g/mol. The van der Waals surface area contributed by atoms with Crippen molar-refractivity contribution in [2.45, 2.75) is 6.92 Å². The highest BCUT2D eigenvalue weighted by molar-refractivity contribution is 5.87. The van der Waals surface area contributed by atoms with Gasteiger partial charge in [0.2, 0.25) is 0 Å². The normalized spacial score (nSPS) is 11.2. The van der Waals surface area contributed by atoms with E-state index in [9.17, 15) is 9.59 Å². The molecule has 0 fully saturated rings. The first kappa shape index (κ1) is 13.5. The van der Waals surface area contributed by atoms with Gasteiger partial charge >= 0.3 is 5.69 Å². The van der Waals surface area contributed by atoms with Crippen LogP contribution in [0.1, 0.15) is 5.56 Å². The van der Waals surface area contributed by atoms with Crippen LogP contribution < -0.4 is 11.2 Å². The van der Waals surface area contributed by atoms with Gasteiger partial charge in [0, 0.05) is 5.69 Å². The molecular weight excluding hydrogens is 290 g/mol. The van der Waals surface area contributed by atoms with E-state index in [1.807, 2.05) is 60.0 Å². The van der Waals surface area contributed by atoms with Crippen LogP contribution in [0.3, 0.4) is 0 Å². The number of para-hydroxylation sites is 1. The number of aromatic amines is 1. The third-order valence-electron chi connectivity index (χ3n) is 3.89. The van der Waals surface area contributed by atoms with Gasteiger partial charge in [-0.05, 0) is 36.6 Å². The number of hydrogen-bond donors (Lipinski definition) is 1. The largest absolute Gasteiger partial charge is 0.349 e. The lowest BCUT2D eigenvalue weighted by atomic mass is 10.1. The fraction of sp³-hybridized carbons (Fsp3) is 0.0556. The zero-order valence-electron chi connectivity index (χ0n) is 12.4. The number of fused-ring (bicyclic) bond motifs is 2. The van der Waals surface area contributed by atoms with E-state index in [1.54, 1.807) is 6.07 Å². The SMILES string of the molecule is Cc1ccc(-n2c3nc(=O)[nH]c(=O)c-3cc3ccccc32)cc1. The maximum Gasteiger partial charge on any atom is 0.349 e. The van der Waals surface area contributed by atoms with Gasteiger partial charge < -0.3 is 0 Å². The Hall–Kier alpha value is -3.21. The lowest BCUT2D eigenvalue weighted by molar-refractivity contribution is 0.959. The van der Waals surface area contributed by atoms with Crippen molar-refractivity contribution in [3.63, 3.8) is 0 Å². The standard InChI is InChI=1S/C18H13N3O2/c1-11-6-8-13(9-7-11)21-15-5-3-2-4-12(15)10-14-16(21)19-18(23)20-17(14)22/h2-10H,1H3,(H,20,22,23). The Kier molecular flexibility index (Phi) is 2.87. The van der Waals surface area contributed by atoms with Crippen molar-refractivity contribution in [1.82, 2.24) is 14.5 Å². The first-order valence-corrected chi connectivity index (χ1v) is 7.25. The van der Waals surface area contributed by atoms with Gasteiger partial charge in [-0.25, -0.2) is 4.79 Å². The molecule has 2 aromatic rings. The second kappa shape index (κ2) is 4.91. The highest BCUT2D eigenvalue weighted by Gasteiger charge is 2.17. The minimum absolute atomic E-state index is 0.362. The van der Waals surface area contributed by atoms with Crippen LogP contribution in [0.15, 0.2) is 64.2 Å². The van der Waals surface area contributed by atoms with Crippen molar-refractivity contribution < 1.29 is 0 Å². The van der Waals surface area contributed by atoms with Gasteiger partial charge in [-0.2, -0.15) is 4.98 Å². The molecule has 23 heavy (non-hydrogen) atoms. The van der Waals surface area contributed by atoms with E-state index in [2.05, 4.69) is 9.97 Å². The molecule has 0 aromatic heterocycles. The number of aryl methyl sites for hydroxylation is 1. The Morgan fingerprint density at radius 2 is 1.74 bits per heavy atom. The van der Waals surface area contributed by atoms with E-state index in [1.165, 1.54) is 0 Å². The van der Waals surface area contributed by atoms with Crippen LogP contribution in [0.5, 0.6) is 0 Å². The molecule has 112 valence electrons. The minimum atomic E-state index is -0.640. The summed E-state index contributed by atoms with van der Waals surface area (Å²) in [5.74, 6) is 0.362. The Balaban J connectivity index is 2.23. The van der Waals surface area contributed by atoms with Gasteiger partial charge in [0.05, 0.1) is 11.1 Å². The van der Waals surface area contributed by atoms with Crippen molar-refractivity contribution in [3.8, 4) is 17.1 Å². The molecule has 2 aromatic carbocycles. The molecule has 2 aliphatic heterocycles. The smallest absolute Gasteiger partial charge is 0.294 e. The molecular formula is C18H13N3O2. The lowest BCUT2D eigenvalue weighted by Gasteiger charge is -2.17. The summed E-state index contributed by atoms with van der Waals surface area (Å²) in [5, 5.41) is 0.909. The van der Waals surface area contributed by atoms with E-state index in [-0.39, 0.29) is 0 Å². The fourth-order valence-corrected chi connectivity index (χ4v) is 2.79. The first-order valence-electron chi connectivity index (χ1n) is 7.25. The number of benzene rings is 2. The van der Waals surface area contributed by atoms with Crippen molar-refractivity contribution >= 4 is 10.9 Å². The summed E-state index contributed by atoms with van der Waals surface area (Å²) in [4.78, 5) is 30.1. The summed E-state index contributed by atoms with van der Waals surface area (Å²) in [7, 11) is 0.